The molecule has 0 spiro atoms. The van der Waals surface area contributed by atoms with E-state index in [0.29, 0.717) is 17.1 Å². The summed E-state index contributed by atoms with van der Waals surface area (Å²) in [5, 5.41) is 11.2. The van der Waals surface area contributed by atoms with E-state index in [4.69, 9.17) is 4.74 Å². The van der Waals surface area contributed by atoms with Crippen LogP contribution in [0.4, 0.5) is 11.6 Å². The van der Waals surface area contributed by atoms with Gasteiger partial charge in [-0.1, -0.05) is 36.4 Å². The molecule has 0 saturated carbocycles. The minimum Gasteiger partial charge on any atom is -0.497 e. The van der Waals surface area contributed by atoms with Crippen LogP contribution in [0.2, 0.25) is 0 Å². The summed E-state index contributed by atoms with van der Waals surface area (Å²) in [5.74, 6) is 1.54. The lowest BCUT2D eigenvalue weighted by atomic mass is 10.2. The molecule has 0 fully saturated rings. The maximum Gasteiger partial charge on any atom is 0.256 e. The molecule has 3 aromatic rings. The molecule has 3 rings (SSSR count). The van der Waals surface area contributed by atoms with Crippen molar-refractivity contribution in [1.82, 2.24) is 10.2 Å². The van der Waals surface area contributed by atoms with Crippen LogP contribution in [-0.4, -0.2) is 29.8 Å². The fourth-order valence-corrected chi connectivity index (χ4v) is 2.67. The number of carbonyl (C=O) groups is 1. The molecular formula is C21H22N4O2. The molecule has 1 amide bonds. The van der Waals surface area contributed by atoms with Gasteiger partial charge in [0.1, 0.15) is 5.75 Å². The summed E-state index contributed by atoms with van der Waals surface area (Å²) < 4.78 is 5.14. The summed E-state index contributed by atoms with van der Waals surface area (Å²) >= 11 is 0. The third-order valence-corrected chi connectivity index (χ3v) is 4.15. The van der Waals surface area contributed by atoms with Gasteiger partial charge in [0.05, 0.1) is 7.11 Å². The Hall–Kier alpha value is -3.41. The molecule has 0 aliphatic heterocycles. The van der Waals surface area contributed by atoms with Gasteiger partial charge in [0, 0.05) is 18.7 Å². The second kappa shape index (κ2) is 8.80. The summed E-state index contributed by atoms with van der Waals surface area (Å²) in [6.45, 7) is 3.63. The number of hydrogen-bond acceptors (Lipinski definition) is 5. The minimum atomic E-state index is -0.257. The summed E-state index contributed by atoms with van der Waals surface area (Å²) in [7, 11) is 1.57. The normalized spacial score (nSPS) is 10.3. The van der Waals surface area contributed by atoms with Crippen LogP contribution < -0.4 is 15.0 Å². The Kier molecular flexibility index (Phi) is 5.99. The molecule has 1 aromatic heterocycles. The first-order valence-corrected chi connectivity index (χ1v) is 8.77. The highest BCUT2D eigenvalue weighted by Crippen LogP contribution is 2.17. The molecule has 1 N–H and O–H groups in total. The SMILES string of the molecule is CCN(Cc1ccccc1)c1ccc(NC(=O)c2cccc(OC)c2)nn1. The molecule has 1 heterocycles. The van der Waals surface area contributed by atoms with Gasteiger partial charge in [-0.05, 0) is 42.8 Å². The molecule has 0 aliphatic rings. The summed E-state index contributed by atoms with van der Waals surface area (Å²) in [5.41, 5.74) is 1.70. The molecule has 0 atom stereocenters. The molecular weight excluding hydrogens is 340 g/mol. The van der Waals surface area contributed by atoms with Crippen molar-refractivity contribution in [2.45, 2.75) is 13.5 Å². The van der Waals surface area contributed by atoms with Crippen molar-refractivity contribution >= 4 is 17.5 Å². The van der Waals surface area contributed by atoms with Gasteiger partial charge < -0.3 is 15.0 Å². The van der Waals surface area contributed by atoms with Crippen LogP contribution >= 0.6 is 0 Å². The maximum atomic E-state index is 12.4. The molecule has 0 bridgehead atoms. The van der Waals surface area contributed by atoms with Crippen molar-refractivity contribution in [3.05, 3.63) is 77.9 Å². The third kappa shape index (κ3) is 4.82. The van der Waals surface area contributed by atoms with Gasteiger partial charge in [0.15, 0.2) is 11.6 Å². The van der Waals surface area contributed by atoms with Crippen LogP contribution in [0.1, 0.15) is 22.8 Å². The lowest BCUT2D eigenvalue weighted by Crippen LogP contribution is -2.23. The van der Waals surface area contributed by atoms with Gasteiger partial charge in [-0.15, -0.1) is 10.2 Å². The van der Waals surface area contributed by atoms with Crippen LogP contribution in [0.25, 0.3) is 0 Å². The number of anilines is 2. The van der Waals surface area contributed by atoms with Gasteiger partial charge in [0.25, 0.3) is 5.91 Å². The fourth-order valence-electron chi connectivity index (χ4n) is 2.67. The van der Waals surface area contributed by atoms with Crippen molar-refractivity contribution in [3.8, 4) is 5.75 Å². The average Bonchev–Trinajstić information content (AvgIpc) is 2.73. The van der Waals surface area contributed by atoms with E-state index in [2.05, 4.69) is 39.5 Å². The Morgan fingerprint density at radius 3 is 2.52 bits per heavy atom. The number of amides is 1. The van der Waals surface area contributed by atoms with E-state index in [9.17, 15) is 4.79 Å². The predicted octanol–water partition coefficient (Wildman–Crippen LogP) is 3.76. The zero-order valence-corrected chi connectivity index (χ0v) is 15.4. The van der Waals surface area contributed by atoms with Crippen LogP contribution in [0.5, 0.6) is 5.75 Å². The van der Waals surface area contributed by atoms with E-state index >= 15 is 0 Å². The fraction of sp³-hybridized carbons (Fsp3) is 0.190. The van der Waals surface area contributed by atoms with E-state index in [1.165, 1.54) is 5.56 Å². The van der Waals surface area contributed by atoms with Gasteiger partial charge >= 0.3 is 0 Å². The number of rotatable bonds is 7. The van der Waals surface area contributed by atoms with E-state index in [1.807, 2.05) is 24.3 Å². The summed E-state index contributed by atoms with van der Waals surface area (Å²) in [6.07, 6.45) is 0. The zero-order chi connectivity index (χ0) is 19.1. The molecule has 0 aliphatic carbocycles. The number of aromatic nitrogens is 2. The Morgan fingerprint density at radius 2 is 1.85 bits per heavy atom. The van der Waals surface area contributed by atoms with Crippen LogP contribution in [-0.2, 0) is 6.54 Å². The zero-order valence-electron chi connectivity index (χ0n) is 15.4. The highest BCUT2D eigenvalue weighted by molar-refractivity contribution is 6.03. The topological polar surface area (TPSA) is 67.4 Å². The highest BCUT2D eigenvalue weighted by atomic mass is 16.5. The molecule has 138 valence electrons. The monoisotopic (exact) mass is 362 g/mol. The standard InChI is InChI=1S/C21H22N4O2/c1-3-25(15-16-8-5-4-6-9-16)20-13-12-19(23-24-20)22-21(26)17-10-7-11-18(14-17)27-2/h4-14H,3,15H2,1-2H3,(H,22,23,26). The van der Waals surface area contributed by atoms with E-state index < -0.39 is 0 Å². The Bertz CT molecular complexity index is 882. The molecule has 0 radical (unpaired) electrons. The number of ether oxygens (including phenoxy) is 1. The number of benzene rings is 2. The van der Waals surface area contributed by atoms with Crippen LogP contribution in [0, 0.1) is 0 Å². The van der Waals surface area contributed by atoms with E-state index in [1.54, 1.807) is 37.4 Å². The number of nitrogens with zero attached hydrogens (tertiary/aromatic N) is 3. The summed E-state index contributed by atoms with van der Waals surface area (Å²) in [6, 6.07) is 20.8. The second-order valence-corrected chi connectivity index (χ2v) is 5.96. The highest BCUT2D eigenvalue weighted by Gasteiger charge is 2.11. The predicted molar refractivity (Wildman–Crippen MR) is 106 cm³/mol. The van der Waals surface area contributed by atoms with Crippen molar-refractivity contribution in [2.75, 3.05) is 23.9 Å². The van der Waals surface area contributed by atoms with Gasteiger partial charge in [-0.3, -0.25) is 4.79 Å². The first-order chi connectivity index (χ1) is 13.2. The number of hydrogen-bond donors (Lipinski definition) is 1. The smallest absolute Gasteiger partial charge is 0.256 e. The number of nitrogens with one attached hydrogen (secondary N) is 1. The van der Waals surface area contributed by atoms with E-state index in [0.717, 1.165) is 18.9 Å². The molecule has 6 heteroatoms. The minimum absolute atomic E-state index is 0.257. The molecule has 27 heavy (non-hydrogen) atoms. The molecule has 0 saturated heterocycles. The van der Waals surface area contributed by atoms with Crippen molar-refractivity contribution < 1.29 is 9.53 Å². The second-order valence-electron chi connectivity index (χ2n) is 5.96. The lowest BCUT2D eigenvalue weighted by molar-refractivity contribution is 0.102. The number of methoxy groups -OCH3 is 1. The largest absolute Gasteiger partial charge is 0.497 e. The van der Waals surface area contributed by atoms with Crippen molar-refractivity contribution in [1.29, 1.82) is 0 Å². The average molecular weight is 362 g/mol. The van der Waals surface area contributed by atoms with Crippen LogP contribution in [0.15, 0.2) is 66.7 Å². The third-order valence-electron chi connectivity index (χ3n) is 4.15. The van der Waals surface area contributed by atoms with Crippen molar-refractivity contribution in [2.24, 2.45) is 0 Å². The van der Waals surface area contributed by atoms with Gasteiger partial charge in [-0.2, -0.15) is 0 Å². The van der Waals surface area contributed by atoms with E-state index in [-0.39, 0.29) is 5.91 Å². The lowest BCUT2D eigenvalue weighted by Gasteiger charge is -2.21. The Morgan fingerprint density at radius 1 is 1.04 bits per heavy atom. The van der Waals surface area contributed by atoms with Gasteiger partial charge in [0.2, 0.25) is 0 Å². The Labute approximate surface area is 158 Å². The van der Waals surface area contributed by atoms with Crippen LogP contribution in [0.3, 0.4) is 0 Å². The molecule has 0 unspecified atom stereocenters. The number of carbonyl (C=O) groups excluding carboxylic acids is 1. The first-order valence-electron chi connectivity index (χ1n) is 8.77. The summed E-state index contributed by atoms with van der Waals surface area (Å²) in [4.78, 5) is 14.5. The van der Waals surface area contributed by atoms with Crippen molar-refractivity contribution in [3.63, 3.8) is 0 Å². The van der Waals surface area contributed by atoms with Gasteiger partial charge in [-0.25, -0.2) is 0 Å². The molecule has 2 aromatic carbocycles. The first kappa shape index (κ1) is 18.4. The Balaban J connectivity index is 1.67. The quantitative estimate of drug-likeness (QED) is 0.693. The maximum absolute atomic E-state index is 12.4. The molecule has 6 nitrogen and oxygen atoms in total.